The Morgan fingerprint density at radius 1 is 1.56 bits per heavy atom. The lowest BCUT2D eigenvalue weighted by molar-refractivity contribution is 0.231. The van der Waals surface area contributed by atoms with E-state index in [9.17, 15) is 4.79 Å². The molecule has 0 aliphatic carbocycles. The Kier molecular flexibility index (Phi) is 2.05. The number of amides is 2. The van der Waals surface area contributed by atoms with E-state index in [0.29, 0.717) is 0 Å². The first-order chi connectivity index (χ1) is 4.30. The van der Waals surface area contributed by atoms with Gasteiger partial charge in [-0.15, -0.1) is 0 Å². The predicted octanol–water partition coefficient (Wildman–Crippen LogP) is 0.875. The second-order valence-electron chi connectivity index (χ2n) is 2.18. The van der Waals surface area contributed by atoms with E-state index < -0.39 is 6.03 Å². The fourth-order valence-corrected chi connectivity index (χ4v) is 0.949. The quantitative estimate of drug-likeness (QED) is 0.444. The molecule has 1 saturated heterocycles. The summed E-state index contributed by atoms with van der Waals surface area (Å²) < 4.78 is 0. The Bertz CT molecular complexity index is 108. The SMILES string of the molecule is [NH]C(=O)[N+]1[CH]CCCC1. The summed E-state index contributed by atoms with van der Waals surface area (Å²) in [5.41, 5.74) is 6.73. The van der Waals surface area contributed by atoms with Crippen molar-refractivity contribution in [3.8, 4) is 0 Å². The number of hydrogen-bond donors (Lipinski definition) is 0. The first-order valence-electron chi connectivity index (χ1n) is 3.16. The van der Waals surface area contributed by atoms with Crippen molar-refractivity contribution in [2.24, 2.45) is 0 Å². The second kappa shape index (κ2) is 2.82. The third-order valence-electron chi connectivity index (χ3n) is 1.46. The highest BCUT2D eigenvalue weighted by Gasteiger charge is 2.26. The standard InChI is InChI=1S/C6H10N2O/c7-6(9)8-4-2-1-3-5-8/h4,7H,1-3,5H2/q+1. The van der Waals surface area contributed by atoms with Crippen LogP contribution >= 0.6 is 0 Å². The predicted molar refractivity (Wildman–Crippen MR) is 33.6 cm³/mol. The van der Waals surface area contributed by atoms with Gasteiger partial charge in [0.2, 0.25) is 0 Å². The minimum absolute atomic E-state index is 0.574. The summed E-state index contributed by atoms with van der Waals surface area (Å²) in [6.45, 7) is 2.54. The van der Waals surface area contributed by atoms with E-state index in [1.54, 1.807) is 6.54 Å². The Morgan fingerprint density at radius 3 is 2.67 bits per heavy atom. The van der Waals surface area contributed by atoms with Crippen molar-refractivity contribution in [1.29, 1.82) is 0 Å². The summed E-state index contributed by atoms with van der Waals surface area (Å²) in [4.78, 5) is 11.8. The molecule has 9 heavy (non-hydrogen) atoms. The largest absolute Gasteiger partial charge is 0.483 e. The monoisotopic (exact) mass is 126 g/mol. The number of rotatable bonds is 0. The van der Waals surface area contributed by atoms with Gasteiger partial charge in [-0.25, -0.2) is 5.73 Å². The zero-order valence-corrected chi connectivity index (χ0v) is 5.26. The van der Waals surface area contributed by atoms with Crippen molar-refractivity contribution in [3.63, 3.8) is 0 Å². The Morgan fingerprint density at radius 2 is 2.33 bits per heavy atom. The maximum absolute atomic E-state index is 10.4. The Labute approximate surface area is 54.8 Å². The fourth-order valence-electron chi connectivity index (χ4n) is 0.949. The molecule has 0 saturated carbocycles. The number of hydrogen-bond acceptors (Lipinski definition) is 1. The molecule has 3 heteroatoms. The first-order valence-corrected chi connectivity index (χ1v) is 3.16. The number of nitrogens with one attached hydrogen (secondary N) is 1. The molecule has 0 aromatic heterocycles. The van der Waals surface area contributed by atoms with Crippen LogP contribution in [0.5, 0.6) is 0 Å². The number of piperidine rings is 1. The van der Waals surface area contributed by atoms with Crippen molar-refractivity contribution in [3.05, 3.63) is 6.54 Å². The molecule has 0 unspecified atom stereocenters. The van der Waals surface area contributed by atoms with E-state index in [2.05, 4.69) is 0 Å². The normalized spacial score (nSPS) is 21.8. The zero-order chi connectivity index (χ0) is 6.69. The molecule has 0 atom stereocenters. The molecule has 1 aliphatic rings. The maximum atomic E-state index is 10.4. The van der Waals surface area contributed by atoms with Gasteiger partial charge in [-0.1, -0.05) is 4.90 Å². The number of nitrogens with zero attached hydrogens (tertiary/aromatic N) is 1. The lowest BCUT2D eigenvalue weighted by Gasteiger charge is -2.09. The third-order valence-corrected chi connectivity index (χ3v) is 1.46. The molecule has 1 aliphatic heterocycles. The molecule has 1 fully saturated rings. The van der Waals surface area contributed by atoms with Gasteiger partial charge in [-0.3, -0.25) is 0 Å². The molecule has 1 rings (SSSR count). The maximum Gasteiger partial charge on any atom is 0.483 e. The summed E-state index contributed by atoms with van der Waals surface area (Å²) >= 11 is 0. The average Bonchev–Trinajstić information content (AvgIpc) is 1.90. The van der Waals surface area contributed by atoms with Crippen LogP contribution < -0.4 is 10.6 Å². The summed E-state index contributed by atoms with van der Waals surface area (Å²) in [5, 5.41) is 0. The second-order valence-corrected chi connectivity index (χ2v) is 2.18. The van der Waals surface area contributed by atoms with Crippen molar-refractivity contribution in [2.75, 3.05) is 6.54 Å². The van der Waals surface area contributed by atoms with Crippen molar-refractivity contribution in [1.82, 2.24) is 10.6 Å². The molecule has 0 aromatic rings. The van der Waals surface area contributed by atoms with E-state index >= 15 is 0 Å². The fraction of sp³-hybridized carbons (Fsp3) is 0.667. The van der Waals surface area contributed by atoms with E-state index in [4.69, 9.17) is 5.73 Å². The molecule has 3 nitrogen and oxygen atoms in total. The zero-order valence-electron chi connectivity index (χ0n) is 5.26. The molecular formula is C6H10N2O+. The van der Waals surface area contributed by atoms with Crippen LogP contribution in [-0.4, -0.2) is 12.6 Å². The van der Waals surface area contributed by atoms with E-state index in [-0.39, 0.29) is 0 Å². The molecule has 49 valence electrons. The van der Waals surface area contributed by atoms with E-state index in [0.717, 1.165) is 25.8 Å². The van der Waals surface area contributed by atoms with Crippen LogP contribution in [0.2, 0.25) is 0 Å². The Balaban J connectivity index is 2.31. The first kappa shape index (κ1) is 6.55. The van der Waals surface area contributed by atoms with Gasteiger partial charge in [0, 0.05) is 12.8 Å². The average molecular weight is 126 g/mol. The van der Waals surface area contributed by atoms with Gasteiger partial charge in [-0.05, 0) is 6.42 Å². The molecule has 0 aromatic carbocycles. The van der Waals surface area contributed by atoms with E-state index in [1.165, 1.54) is 4.90 Å². The van der Waals surface area contributed by atoms with Crippen LogP contribution in [0.3, 0.4) is 0 Å². The minimum Gasteiger partial charge on any atom is -0.207 e. The number of likely N-dealkylation sites (tertiary alicyclic amines) is 1. The van der Waals surface area contributed by atoms with Gasteiger partial charge in [-0.2, -0.15) is 4.79 Å². The van der Waals surface area contributed by atoms with Crippen molar-refractivity contribution < 1.29 is 4.79 Å². The van der Waals surface area contributed by atoms with Crippen LogP contribution in [0.4, 0.5) is 4.79 Å². The lowest BCUT2D eigenvalue weighted by Crippen LogP contribution is -2.37. The van der Waals surface area contributed by atoms with Crippen LogP contribution in [0.25, 0.3) is 0 Å². The Hall–Kier alpha value is -0.570. The van der Waals surface area contributed by atoms with Gasteiger partial charge in [0.25, 0.3) is 0 Å². The highest BCUT2D eigenvalue weighted by Crippen LogP contribution is 2.08. The third kappa shape index (κ3) is 1.68. The van der Waals surface area contributed by atoms with E-state index in [1.807, 2.05) is 0 Å². The van der Waals surface area contributed by atoms with Gasteiger partial charge < -0.3 is 0 Å². The van der Waals surface area contributed by atoms with Gasteiger partial charge in [0.05, 0.1) is 0 Å². The van der Waals surface area contributed by atoms with Crippen molar-refractivity contribution in [2.45, 2.75) is 19.3 Å². The number of carbonyl (C=O) groups excluding carboxylic acids is 1. The molecule has 3 radical (unpaired) electrons. The number of carbonyl (C=O) groups is 1. The van der Waals surface area contributed by atoms with Crippen LogP contribution in [0, 0.1) is 6.54 Å². The highest BCUT2D eigenvalue weighted by atomic mass is 16.2. The van der Waals surface area contributed by atoms with Crippen LogP contribution in [-0.2, 0) is 0 Å². The van der Waals surface area contributed by atoms with Crippen LogP contribution in [0.15, 0.2) is 0 Å². The summed E-state index contributed by atoms with van der Waals surface area (Å²) in [5.74, 6) is 0. The molecule has 0 bridgehead atoms. The van der Waals surface area contributed by atoms with Crippen molar-refractivity contribution >= 4 is 6.03 Å². The minimum atomic E-state index is -0.574. The van der Waals surface area contributed by atoms with Crippen LogP contribution in [0.1, 0.15) is 19.3 Å². The summed E-state index contributed by atoms with van der Waals surface area (Å²) in [6, 6.07) is -0.574. The van der Waals surface area contributed by atoms with Gasteiger partial charge in [0.15, 0.2) is 6.54 Å². The summed E-state index contributed by atoms with van der Waals surface area (Å²) in [6.07, 6.45) is 3.15. The van der Waals surface area contributed by atoms with Gasteiger partial charge in [0.1, 0.15) is 6.54 Å². The molecule has 2 amide bonds. The summed E-state index contributed by atoms with van der Waals surface area (Å²) in [7, 11) is 0. The van der Waals surface area contributed by atoms with Gasteiger partial charge >= 0.3 is 6.03 Å². The highest BCUT2D eigenvalue weighted by molar-refractivity contribution is 5.74. The molecule has 1 heterocycles. The smallest absolute Gasteiger partial charge is 0.207 e. The molecule has 0 spiro atoms. The number of urea groups is 1. The molecular weight excluding hydrogens is 116 g/mol. The molecule has 1 N–H and O–H groups in total. The lowest BCUT2D eigenvalue weighted by atomic mass is 10.1. The topological polar surface area (TPSA) is 46.8 Å².